The molecule has 0 spiro atoms. The van der Waals surface area contributed by atoms with Gasteiger partial charge in [0.15, 0.2) is 0 Å². The zero-order valence-corrected chi connectivity index (χ0v) is 10.1. The van der Waals surface area contributed by atoms with Gasteiger partial charge in [-0.05, 0) is 11.6 Å². The summed E-state index contributed by atoms with van der Waals surface area (Å²) in [6.07, 6.45) is -7.89. The minimum Gasteiger partial charge on any atom is -0.390 e. The van der Waals surface area contributed by atoms with Crippen molar-refractivity contribution in [3.05, 3.63) is 44.8 Å². The average Bonchev–Trinajstić information content (AvgIpc) is 2.34. The third-order valence-electron chi connectivity index (χ3n) is 2.35. The first-order valence-electron chi connectivity index (χ1n) is 5.01. The van der Waals surface area contributed by atoms with E-state index in [0.717, 1.165) is 18.2 Å². The van der Waals surface area contributed by atoms with Crippen molar-refractivity contribution < 1.29 is 23.4 Å². The van der Waals surface area contributed by atoms with Crippen molar-refractivity contribution in [1.29, 1.82) is 0 Å². The Bertz CT molecular complexity index is 503. The van der Waals surface area contributed by atoms with Gasteiger partial charge in [-0.2, -0.15) is 13.2 Å². The van der Waals surface area contributed by atoms with Crippen LogP contribution in [0, 0.1) is 0 Å². The number of aliphatic hydroxyl groups excluding tert-OH is 2. The highest BCUT2D eigenvalue weighted by Gasteiger charge is 2.35. The van der Waals surface area contributed by atoms with Gasteiger partial charge in [0.05, 0.1) is 23.2 Å². The molecule has 5 nitrogen and oxygen atoms in total. The summed E-state index contributed by atoms with van der Waals surface area (Å²) in [6, 6.07) is 2.98. The van der Waals surface area contributed by atoms with Crippen molar-refractivity contribution >= 4 is 11.6 Å². The van der Waals surface area contributed by atoms with Gasteiger partial charge in [-0.25, -0.2) is 0 Å². The Labute approximate surface area is 110 Å². The Balaban J connectivity index is 3.11. The normalized spacial score (nSPS) is 14.6. The molecule has 0 aliphatic rings. The van der Waals surface area contributed by atoms with Crippen molar-refractivity contribution in [1.82, 2.24) is 0 Å². The SMILES string of the molecule is [N-]=[N+]=NCC(O)C(O)c1cccc(C(F)(F)F)c1Cl. The van der Waals surface area contributed by atoms with E-state index in [0.29, 0.717) is 0 Å². The maximum absolute atomic E-state index is 12.6. The molecule has 0 bridgehead atoms. The Morgan fingerprint density at radius 1 is 1.37 bits per heavy atom. The fraction of sp³-hybridized carbons (Fsp3) is 0.400. The second kappa shape index (κ2) is 6.12. The molecule has 0 fully saturated rings. The lowest BCUT2D eigenvalue weighted by Crippen LogP contribution is -2.22. The Morgan fingerprint density at radius 3 is 2.53 bits per heavy atom. The number of alkyl halides is 3. The van der Waals surface area contributed by atoms with Gasteiger partial charge in [0.2, 0.25) is 0 Å². The van der Waals surface area contributed by atoms with Gasteiger partial charge < -0.3 is 10.2 Å². The number of rotatable bonds is 4. The molecule has 19 heavy (non-hydrogen) atoms. The number of azide groups is 1. The smallest absolute Gasteiger partial charge is 0.390 e. The molecule has 0 radical (unpaired) electrons. The quantitative estimate of drug-likeness (QED) is 0.508. The molecule has 1 rings (SSSR count). The van der Waals surface area contributed by atoms with Crippen molar-refractivity contribution in [3.63, 3.8) is 0 Å². The van der Waals surface area contributed by atoms with Crippen LogP contribution in [0.25, 0.3) is 10.4 Å². The van der Waals surface area contributed by atoms with Crippen LogP contribution in [0.4, 0.5) is 13.2 Å². The summed E-state index contributed by atoms with van der Waals surface area (Å²) in [6.45, 7) is -0.482. The molecular weight excluding hydrogens is 287 g/mol. The minimum atomic E-state index is -4.66. The summed E-state index contributed by atoms with van der Waals surface area (Å²) >= 11 is 5.57. The first-order valence-corrected chi connectivity index (χ1v) is 5.39. The van der Waals surface area contributed by atoms with Crippen LogP contribution in [0.5, 0.6) is 0 Å². The molecule has 0 saturated heterocycles. The van der Waals surface area contributed by atoms with E-state index in [-0.39, 0.29) is 5.56 Å². The molecule has 0 aliphatic heterocycles. The molecule has 2 atom stereocenters. The number of benzene rings is 1. The van der Waals surface area contributed by atoms with Crippen molar-refractivity contribution in [2.75, 3.05) is 6.54 Å². The molecule has 104 valence electrons. The van der Waals surface area contributed by atoms with Gasteiger partial charge in [0, 0.05) is 10.5 Å². The molecule has 1 aromatic rings. The van der Waals surface area contributed by atoms with Crippen LogP contribution in [0.3, 0.4) is 0 Å². The Hall–Kier alpha value is -1.47. The molecular formula is C10H9ClF3N3O2. The third kappa shape index (κ3) is 3.74. The number of hydrogen-bond donors (Lipinski definition) is 2. The van der Waals surface area contributed by atoms with E-state index in [1.165, 1.54) is 0 Å². The summed E-state index contributed by atoms with van der Waals surface area (Å²) in [5.41, 5.74) is 6.67. The second-order valence-electron chi connectivity index (χ2n) is 3.63. The van der Waals surface area contributed by atoms with Gasteiger partial charge in [-0.1, -0.05) is 28.8 Å². The van der Waals surface area contributed by atoms with E-state index < -0.39 is 35.5 Å². The fourth-order valence-electron chi connectivity index (χ4n) is 1.42. The zero-order valence-electron chi connectivity index (χ0n) is 9.34. The van der Waals surface area contributed by atoms with Crippen LogP contribution in [0.1, 0.15) is 17.2 Å². The highest BCUT2D eigenvalue weighted by Crippen LogP contribution is 2.38. The lowest BCUT2D eigenvalue weighted by molar-refractivity contribution is -0.137. The third-order valence-corrected chi connectivity index (χ3v) is 2.77. The first-order chi connectivity index (χ1) is 8.79. The average molecular weight is 296 g/mol. The first kappa shape index (κ1) is 15.6. The van der Waals surface area contributed by atoms with Crippen LogP contribution in [-0.4, -0.2) is 22.9 Å². The number of hydrogen-bond acceptors (Lipinski definition) is 3. The lowest BCUT2D eigenvalue weighted by Gasteiger charge is -2.19. The van der Waals surface area contributed by atoms with Crippen LogP contribution < -0.4 is 0 Å². The highest BCUT2D eigenvalue weighted by atomic mass is 35.5. The summed E-state index contributed by atoms with van der Waals surface area (Å²) in [5.74, 6) is 0. The van der Waals surface area contributed by atoms with Crippen LogP contribution in [-0.2, 0) is 6.18 Å². The van der Waals surface area contributed by atoms with E-state index >= 15 is 0 Å². The van der Waals surface area contributed by atoms with Crippen molar-refractivity contribution in [3.8, 4) is 0 Å². The second-order valence-corrected chi connectivity index (χ2v) is 4.01. The summed E-state index contributed by atoms with van der Waals surface area (Å²) < 4.78 is 37.8. The van der Waals surface area contributed by atoms with Crippen molar-refractivity contribution in [2.24, 2.45) is 5.11 Å². The maximum atomic E-state index is 12.6. The van der Waals surface area contributed by atoms with E-state index in [9.17, 15) is 23.4 Å². The zero-order chi connectivity index (χ0) is 14.6. The summed E-state index contributed by atoms with van der Waals surface area (Å²) in [5, 5.41) is 21.5. The van der Waals surface area contributed by atoms with Gasteiger partial charge >= 0.3 is 6.18 Å². The molecule has 9 heteroatoms. The fourth-order valence-corrected chi connectivity index (χ4v) is 1.77. The molecule has 0 aromatic heterocycles. The largest absolute Gasteiger partial charge is 0.417 e. The minimum absolute atomic E-state index is 0.280. The van der Waals surface area contributed by atoms with Gasteiger partial charge in [-0.15, -0.1) is 0 Å². The molecule has 2 N–H and O–H groups in total. The molecule has 1 aromatic carbocycles. The van der Waals surface area contributed by atoms with Crippen LogP contribution in [0.15, 0.2) is 23.3 Å². The topological polar surface area (TPSA) is 89.2 Å². The maximum Gasteiger partial charge on any atom is 0.417 e. The molecule has 0 saturated carbocycles. The van der Waals surface area contributed by atoms with E-state index in [1.807, 2.05) is 0 Å². The highest BCUT2D eigenvalue weighted by molar-refractivity contribution is 6.32. The van der Waals surface area contributed by atoms with E-state index in [2.05, 4.69) is 10.0 Å². The predicted octanol–water partition coefficient (Wildman–Crippen LogP) is 3.06. The number of aliphatic hydroxyl groups is 2. The van der Waals surface area contributed by atoms with E-state index in [4.69, 9.17) is 17.1 Å². The van der Waals surface area contributed by atoms with Crippen molar-refractivity contribution in [2.45, 2.75) is 18.4 Å². The monoisotopic (exact) mass is 295 g/mol. The molecule has 0 amide bonds. The predicted molar refractivity (Wildman–Crippen MR) is 61.4 cm³/mol. The summed E-state index contributed by atoms with van der Waals surface area (Å²) in [7, 11) is 0. The molecule has 0 aliphatic carbocycles. The van der Waals surface area contributed by atoms with Gasteiger partial charge in [-0.3, -0.25) is 0 Å². The van der Waals surface area contributed by atoms with Crippen LogP contribution >= 0.6 is 11.6 Å². The Morgan fingerprint density at radius 2 is 2.00 bits per heavy atom. The molecule has 0 heterocycles. The number of nitrogens with zero attached hydrogens (tertiary/aromatic N) is 3. The van der Waals surface area contributed by atoms with Gasteiger partial charge in [0.25, 0.3) is 0 Å². The van der Waals surface area contributed by atoms with Gasteiger partial charge in [0.1, 0.15) is 6.10 Å². The Kier molecular flexibility index (Phi) is 5.02. The van der Waals surface area contributed by atoms with E-state index in [1.54, 1.807) is 0 Å². The standard InChI is InChI=1S/C10H9ClF3N3O2/c11-8-5(9(19)7(18)4-16-17-15)2-1-3-6(8)10(12,13)14/h1-3,7,9,18-19H,4H2. The molecule has 2 unspecified atom stereocenters. The van der Waals surface area contributed by atoms with Crippen LogP contribution in [0.2, 0.25) is 5.02 Å². The summed E-state index contributed by atoms with van der Waals surface area (Å²) in [4.78, 5) is 2.37. The lowest BCUT2D eigenvalue weighted by atomic mass is 10.0. The number of halogens is 4.